The van der Waals surface area contributed by atoms with Crippen molar-refractivity contribution in [1.29, 1.82) is 0 Å². The molecule has 1 aromatic rings. The van der Waals surface area contributed by atoms with Gasteiger partial charge in [-0.2, -0.15) is 0 Å². The fourth-order valence-electron chi connectivity index (χ4n) is 1.75. The van der Waals surface area contributed by atoms with E-state index in [9.17, 15) is 9.59 Å². The Balaban J connectivity index is 2.09. The number of carboxylic acid groups (broad SMARTS) is 1. The van der Waals surface area contributed by atoms with Crippen LogP contribution in [0.1, 0.15) is 16.1 Å². The number of carbonyl (C=O) groups excluding carboxylic acids is 1. The predicted molar refractivity (Wildman–Crippen MR) is 71.4 cm³/mol. The Morgan fingerprint density at radius 3 is 2.65 bits per heavy atom. The summed E-state index contributed by atoms with van der Waals surface area (Å²) in [5.41, 5.74) is 0. The molecule has 1 saturated heterocycles. The second kappa shape index (κ2) is 5.07. The van der Waals surface area contributed by atoms with Crippen LogP contribution in [0.3, 0.4) is 0 Å². The Labute approximate surface area is 119 Å². The van der Waals surface area contributed by atoms with Gasteiger partial charge in [0.05, 0.1) is 14.6 Å². The Kier molecular flexibility index (Phi) is 3.89. The molecule has 1 atom stereocenters. The van der Waals surface area contributed by atoms with Gasteiger partial charge in [0.25, 0.3) is 5.91 Å². The molecule has 92 valence electrons. The van der Waals surface area contributed by atoms with Gasteiger partial charge in [-0.25, -0.2) is 0 Å². The van der Waals surface area contributed by atoms with E-state index in [4.69, 9.17) is 5.11 Å². The molecule has 1 amide bonds. The van der Waals surface area contributed by atoms with Gasteiger partial charge in [-0.05, 0) is 44.3 Å². The van der Waals surface area contributed by atoms with Crippen molar-refractivity contribution in [1.82, 2.24) is 4.90 Å². The van der Waals surface area contributed by atoms with Crippen LogP contribution < -0.4 is 0 Å². The molecule has 0 saturated carbocycles. The van der Waals surface area contributed by atoms with Crippen LogP contribution in [0.15, 0.2) is 14.3 Å². The van der Waals surface area contributed by atoms with Crippen molar-refractivity contribution in [2.45, 2.75) is 6.42 Å². The standard InChI is InChI=1S/C10H9Br2NO3S/c11-6-3-7(17-8(6)12)9(14)13-2-1-5(4-13)10(15)16/h3,5H,1-2,4H2,(H,15,16). The molecule has 1 aliphatic rings. The zero-order valence-corrected chi connectivity index (χ0v) is 12.6. The van der Waals surface area contributed by atoms with E-state index in [1.54, 1.807) is 11.0 Å². The van der Waals surface area contributed by atoms with E-state index in [1.165, 1.54) is 11.3 Å². The number of thiophene rings is 1. The molecule has 0 aromatic carbocycles. The van der Waals surface area contributed by atoms with Gasteiger partial charge in [-0.15, -0.1) is 11.3 Å². The van der Waals surface area contributed by atoms with Crippen LogP contribution in [0.5, 0.6) is 0 Å². The first kappa shape index (κ1) is 13.0. The van der Waals surface area contributed by atoms with Crippen LogP contribution in [0.2, 0.25) is 0 Å². The number of carbonyl (C=O) groups is 2. The second-order valence-electron chi connectivity index (χ2n) is 3.81. The van der Waals surface area contributed by atoms with Crippen molar-refractivity contribution in [2.24, 2.45) is 5.92 Å². The minimum Gasteiger partial charge on any atom is -0.481 e. The summed E-state index contributed by atoms with van der Waals surface area (Å²) in [5.74, 6) is -1.34. The monoisotopic (exact) mass is 381 g/mol. The number of hydrogen-bond donors (Lipinski definition) is 1. The predicted octanol–water partition coefficient (Wildman–Crippen LogP) is 2.82. The fraction of sp³-hybridized carbons (Fsp3) is 0.400. The molecule has 2 rings (SSSR count). The lowest BCUT2D eigenvalue weighted by atomic mass is 10.1. The SMILES string of the molecule is O=C(O)C1CCN(C(=O)c2cc(Br)c(Br)s2)C1. The largest absolute Gasteiger partial charge is 0.481 e. The highest BCUT2D eigenvalue weighted by molar-refractivity contribution is 9.13. The van der Waals surface area contributed by atoms with E-state index in [0.29, 0.717) is 24.4 Å². The Hall–Kier alpha value is -0.400. The number of carboxylic acids is 1. The third kappa shape index (κ3) is 2.71. The molecule has 7 heteroatoms. The molecule has 1 N–H and O–H groups in total. The topological polar surface area (TPSA) is 57.6 Å². The van der Waals surface area contributed by atoms with Crippen LogP contribution in [0, 0.1) is 5.92 Å². The summed E-state index contributed by atoms with van der Waals surface area (Å²) < 4.78 is 1.72. The van der Waals surface area contributed by atoms with E-state index in [2.05, 4.69) is 31.9 Å². The van der Waals surface area contributed by atoms with E-state index < -0.39 is 11.9 Å². The summed E-state index contributed by atoms with van der Waals surface area (Å²) in [7, 11) is 0. The molecular formula is C10H9Br2NO3S. The third-order valence-corrected chi connectivity index (χ3v) is 5.92. The summed E-state index contributed by atoms with van der Waals surface area (Å²) in [4.78, 5) is 25.1. The van der Waals surface area contributed by atoms with Crippen LogP contribution >= 0.6 is 43.2 Å². The molecule has 1 unspecified atom stereocenters. The second-order valence-corrected chi connectivity index (χ2v) is 7.03. The highest BCUT2D eigenvalue weighted by atomic mass is 79.9. The lowest BCUT2D eigenvalue weighted by Gasteiger charge is -2.14. The summed E-state index contributed by atoms with van der Waals surface area (Å²) in [6.07, 6.45) is 0.536. The van der Waals surface area contributed by atoms with Crippen molar-refractivity contribution in [3.63, 3.8) is 0 Å². The third-order valence-electron chi connectivity index (χ3n) is 2.68. The van der Waals surface area contributed by atoms with E-state index in [0.717, 1.165) is 8.26 Å². The molecule has 17 heavy (non-hydrogen) atoms. The first-order chi connectivity index (χ1) is 7.99. The number of rotatable bonds is 2. The molecule has 1 aromatic heterocycles. The Bertz CT molecular complexity index is 455. The van der Waals surface area contributed by atoms with Gasteiger partial charge in [-0.1, -0.05) is 0 Å². The van der Waals surface area contributed by atoms with Crippen LogP contribution in [-0.4, -0.2) is 35.0 Å². The number of nitrogens with zero attached hydrogens (tertiary/aromatic N) is 1. The lowest BCUT2D eigenvalue weighted by molar-refractivity contribution is -0.141. The molecule has 2 heterocycles. The lowest BCUT2D eigenvalue weighted by Crippen LogP contribution is -2.29. The molecule has 0 aliphatic carbocycles. The van der Waals surface area contributed by atoms with Gasteiger partial charge in [-0.3, -0.25) is 9.59 Å². The van der Waals surface area contributed by atoms with Gasteiger partial charge in [0.1, 0.15) is 0 Å². The average Bonchev–Trinajstić information content (AvgIpc) is 2.86. The highest BCUT2D eigenvalue weighted by Crippen LogP contribution is 2.33. The molecule has 0 bridgehead atoms. The first-order valence-corrected chi connectivity index (χ1v) is 7.36. The molecule has 1 aliphatic heterocycles. The van der Waals surface area contributed by atoms with Crippen LogP contribution in [0.25, 0.3) is 0 Å². The zero-order valence-electron chi connectivity index (χ0n) is 8.65. The summed E-state index contributed by atoms with van der Waals surface area (Å²) in [5, 5.41) is 8.88. The molecule has 0 radical (unpaired) electrons. The molecular weight excluding hydrogens is 374 g/mol. The summed E-state index contributed by atoms with van der Waals surface area (Å²) >= 11 is 8.01. The van der Waals surface area contributed by atoms with Gasteiger partial charge in [0.15, 0.2) is 0 Å². The van der Waals surface area contributed by atoms with Crippen molar-refractivity contribution in [3.05, 3.63) is 19.2 Å². The molecule has 0 spiro atoms. The van der Waals surface area contributed by atoms with Gasteiger partial charge < -0.3 is 10.0 Å². The zero-order chi connectivity index (χ0) is 12.6. The first-order valence-electron chi connectivity index (χ1n) is 4.96. The quantitative estimate of drug-likeness (QED) is 0.855. The molecule has 1 fully saturated rings. The van der Waals surface area contributed by atoms with Crippen molar-refractivity contribution in [3.8, 4) is 0 Å². The smallest absolute Gasteiger partial charge is 0.308 e. The maximum absolute atomic E-state index is 12.1. The fourth-order valence-corrected chi connectivity index (χ4v) is 3.76. The summed E-state index contributed by atoms with van der Waals surface area (Å²) in [6.45, 7) is 0.824. The van der Waals surface area contributed by atoms with Gasteiger partial charge in [0.2, 0.25) is 0 Å². The minimum atomic E-state index is -0.825. The summed E-state index contributed by atoms with van der Waals surface area (Å²) in [6, 6.07) is 1.76. The average molecular weight is 383 g/mol. The van der Waals surface area contributed by atoms with Crippen LogP contribution in [-0.2, 0) is 4.79 Å². The number of likely N-dealkylation sites (tertiary alicyclic amines) is 1. The maximum atomic E-state index is 12.1. The van der Waals surface area contributed by atoms with E-state index >= 15 is 0 Å². The molecule has 4 nitrogen and oxygen atoms in total. The highest BCUT2D eigenvalue weighted by Gasteiger charge is 2.31. The number of aliphatic carboxylic acids is 1. The Morgan fingerprint density at radius 2 is 2.18 bits per heavy atom. The van der Waals surface area contributed by atoms with Crippen molar-refractivity contribution < 1.29 is 14.7 Å². The maximum Gasteiger partial charge on any atom is 0.308 e. The van der Waals surface area contributed by atoms with E-state index in [-0.39, 0.29) is 5.91 Å². The van der Waals surface area contributed by atoms with Crippen LogP contribution in [0.4, 0.5) is 0 Å². The number of amides is 1. The van der Waals surface area contributed by atoms with Crippen molar-refractivity contribution >= 4 is 55.1 Å². The van der Waals surface area contributed by atoms with Gasteiger partial charge >= 0.3 is 5.97 Å². The normalized spacial score (nSPS) is 19.6. The van der Waals surface area contributed by atoms with E-state index in [1.807, 2.05) is 0 Å². The minimum absolute atomic E-state index is 0.0925. The van der Waals surface area contributed by atoms with Crippen molar-refractivity contribution in [2.75, 3.05) is 13.1 Å². The van der Waals surface area contributed by atoms with Gasteiger partial charge in [0, 0.05) is 17.6 Å². The Morgan fingerprint density at radius 1 is 1.47 bits per heavy atom. The number of hydrogen-bond acceptors (Lipinski definition) is 3. The number of halogens is 2.